The number of benzene rings is 3. The number of pyridine rings is 2. The van der Waals surface area contributed by atoms with Crippen LogP contribution < -0.4 is 15.6 Å². The van der Waals surface area contributed by atoms with Crippen molar-refractivity contribution in [1.82, 2.24) is 9.97 Å². The number of ether oxygens (including phenoxy) is 1. The van der Waals surface area contributed by atoms with Gasteiger partial charge in [-0.05, 0) is 42.8 Å². The summed E-state index contributed by atoms with van der Waals surface area (Å²) in [6, 6.07) is 16.6. The number of nitrogens with one attached hydrogen (secondary N) is 2. The lowest BCUT2D eigenvalue weighted by Crippen LogP contribution is -2.09. The van der Waals surface area contributed by atoms with Crippen LogP contribution >= 0.6 is 0 Å². The second kappa shape index (κ2) is 7.91. The molecule has 156 valence electrons. The van der Waals surface area contributed by atoms with E-state index >= 15 is 0 Å². The molecule has 0 amide bonds. The van der Waals surface area contributed by atoms with Gasteiger partial charge in [0.2, 0.25) is 5.43 Å². The largest absolute Gasteiger partial charge is 0.493 e. The summed E-state index contributed by atoms with van der Waals surface area (Å²) in [6.45, 7) is 2.77. The summed E-state index contributed by atoms with van der Waals surface area (Å²) < 4.78 is 5.98. The van der Waals surface area contributed by atoms with Gasteiger partial charge in [0.1, 0.15) is 5.75 Å². The van der Waals surface area contributed by atoms with E-state index in [-0.39, 0.29) is 10.9 Å². The fourth-order valence-corrected chi connectivity index (χ4v) is 4.24. The topological polar surface area (TPSA) is 75.0 Å². The molecule has 0 aliphatic carbocycles. The predicted molar refractivity (Wildman–Crippen MR) is 127 cm³/mol. The average molecular weight is 412 g/mol. The Kier molecular flexibility index (Phi) is 4.94. The number of aromatic amines is 2. The fourth-order valence-electron chi connectivity index (χ4n) is 4.24. The zero-order valence-corrected chi connectivity index (χ0v) is 17.5. The molecule has 5 rings (SSSR count). The summed E-state index contributed by atoms with van der Waals surface area (Å²) in [5.74, 6) is 0.601. The first-order valence-corrected chi connectivity index (χ1v) is 10.8. The number of para-hydroxylation sites is 1. The first-order valence-electron chi connectivity index (χ1n) is 10.8. The Labute approximate surface area is 178 Å². The predicted octanol–water partition coefficient (Wildman–Crippen LogP) is 5.64. The maximum Gasteiger partial charge on any atom is 0.201 e. The molecule has 0 aliphatic rings. The first kappa shape index (κ1) is 19.4. The molecule has 0 fully saturated rings. The molecule has 0 bridgehead atoms. The van der Waals surface area contributed by atoms with Crippen LogP contribution in [0.1, 0.15) is 32.6 Å². The molecule has 3 aromatic carbocycles. The van der Waals surface area contributed by atoms with Gasteiger partial charge >= 0.3 is 0 Å². The minimum absolute atomic E-state index is 0.0450. The molecule has 0 radical (unpaired) electrons. The van der Waals surface area contributed by atoms with Crippen molar-refractivity contribution in [3.8, 4) is 5.75 Å². The van der Waals surface area contributed by atoms with Gasteiger partial charge in [-0.15, -0.1) is 0 Å². The number of fused-ring (bicyclic) bond motifs is 4. The molecule has 2 aromatic heterocycles. The maximum atomic E-state index is 13.4. The lowest BCUT2D eigenvalue weighted by atomic mass is 10.0. The normalized spacial score (nSPS) is 11.6. The van der Waals surface area contributed by atoms with Crippen LogP contribution in [0.25, 0.3) is 43.6 Å². The van der Waals surface area contributed by atoms with Crippen LogP contribution in [0.2, 0.25) is 0 Å². The molecule has 0 atom stereocenters. The highest BCUT2D eigenvalue weighted by Crippen LogP contribution is 2.26. The van der Waals surface area contributed by atoms with E-state index in [1.807, 2.05) is 42.5 Å². The molecular formula is C26H24N2O3. The van der Waals surface area contributed by atoms with Gasteiger partial charge in [0.15, 0.2) is 5.43 Å². The zero-order valence-electron chi connectivity index (χ0n) is 17.5. The Morgan fingerprint density at radius 3 is 2.23 bits per heavy atom. The van der Waals surface area contributed by atoms with E-state index in [0.717, 1.165) is 18.4 Å². The van der Waals surface area contributed by atoms with Gasteiger partial charge in [-0.3, -0.25) is 9.59 Å². The van der Waals surface area contributed by atoms with Crippen molar-refractivity contribution in [2.24, 2.45) is 0 Å². The van der Waals surface area contributed by atoms with E-state index in [1.165, 1.54) is 12.8 Å². The third kappa shape index (κ3) is 3.36. The Morgan fingerprint density at radius 2 is 1.42 bits per heavy atom. The van der Waals surface area contributed by atoms with Gasteiger partial charge in [-0.1, -0.05) is 44.4 Å². The number of aromatic nitrogens is 2. The third-order valence-electron chi connectivity index (χ3n) is 5.87. The van der Waals surface area contributed by atoms with E-state index in [4.69, 9.17) is 4.74 Å². The SMILES string of the molecule is CCCCCCOc1cccc2[nH]c3cc4c(=O)c5ccccc5[nH]c4cc3c(=O)c12. The first-order chi connectivity index (χ1) is 15.2. The Morgan fingerprint density at radius 1 is 0.710 bits per heavy atom. The van der Waals surface area contributed by atoms with Crippen molar-refractivity contribution in [1.29, 1.82) is 0 Å². The molecule has 5 nitrogen and oxygen atoms in total. The van der Waals surface area contributed by atoms with Crippen LogP contribution in [0.4, 0.5) is 0 Å². The van der Waals surface area contributed by atoms with Gasteiger partial charge in [-0.2, -0.15) is 0 Å². The molecule has 31 heavy (non-hydrogen) atoms. The maximum absolute atomic E-state index is 13.4. The molecule has 0 saturated carbocycles. The second-order valence-corrected chi connectivity index (χ2v) is 7.99. The Hall–Kier alpha value is -3.60. The smallest absolute Gasteiger partial charge is 0.201 e. The number of H-pyrrole nitrogens is 2. The molecule has 0 saturated heterocycles. The summed E-state index contributed by atoms with van der Waals surface area (Å²) >= 11 is 0. The molecule has 5 heteroatoms. The number of hydrogen-bond donors (Lipinski definition) is 2. The number of rotatable bonds is 6. The molecule has 2 heterocycles. The van der Waals surface area contributed by atoms with E-state index in [1.54, 1.807) is 12.1 Å². The fraction of sp³-hybridized carbons (Fsp3) is 0.231. The molecule has 2 N–H and O–H groups in total. The second-order valence-electron chi connectivity index (χ2n) is 7.99. The van der Waals surface area contributed by atoms with E-state index in [0.29, 0.717) is 50.5 Å². The standard InChI is InChI=1S/C26H24N2O3/c1-2-3-4-7-13-31-23-12-8-11-20-24(23)26(30)18-15-21-17(14-22(18)28-20)25(29)16-9-5-6-10-19(16)27-21/h5-6,8-12,14-15H,2-4,7,13H2,1H3,(H,27,29)(H,28,30). The zero-order chi connectivity index (χ0) is 21.4. The van der Waals surface area contributed by atoms with Crippen molar-refractivity contribution >= 4 is 43.6 Å². The quantitative estimate of drug-likeness (QED) is 0.280. The van der Waals surface area contributed by atoms with Crippen LogP contribution in [-0.4, -0.2) is 16.6 Å². The van der Waals surface area contributed by atoms with Gasteiger partial charge in [0, 0.05) is 21.7 Å². The minimum Gasteiger partial charge on any atom is -0.493 e. The monoisotopic (exact) mass is 412 g/mol. The molecule has 5 aromatic rings. The highest BCUT2D eigenvalue weighted by molar-refractivity contribution is 6.03. The summed E-state index contributed by atoms with van der Waals surface area (Å²) in [6.07, 6.45) is 4.44. The highest BCUT2D eigenvalue weighted by atomic mass is 16.5. The minimum atomic E-state index is -0.0937. The van der Waals surface area contributed by atoms with Crippen LogP contribution in [0.15, 0.2) is 64.2 Å². The lowest BCUT2D eigenvalue weighted by molar-refractivity contribution is 0.308. The van der Waals surface area contributed by atoms with E-state index in [9.17, 15) is 9.59 Å². The summed E-state index contributed by atoms with van der Waals surface area (Å²) in [7, 11) is 0. The van der Waals surface area contributed by atoms with E-state index in [2.05, 4.69) is 16.9 Å². The van der Waals surface area contributed by atoms with Crippen LogP contribution in [0, 0.1) is 0 Å². The van der Waals surface area contributed by atoms with Gasteiger partial charge < -0.3 is 14.7 Å². The molecule has 0 spiro atoms. The van der Waals surface area contributed by atoms with Crippen LogP contribution in [0.5, 0.6) is 5.75 Å². The van der Waals surface area contributed by atoms with Gasteiger partial charge in [0.25, 0.3) is 0 Å². The Bertz CT molecular complexity index is 1550. The Balaban J connectivity index is 1.69. The van der Waals surface area contributed by atoms with E-state index < -0.39 is 0 Å². The van der Waals surface area contributed by atoms with Crippen LogP contribution in [0.3, 0.4) is 0 Å². The lowest BCUT2D eigenvalue weighted by Gasteiger charge is -2.11. The van der Waals surface area contributed by atoms with Crippen molar-refractivity contribution in [2.75, 3.05) is 6.61 Å². The third-order valence-corrected chi connectivity index (χ3v) is 5.87. The van der Waals surface area contributed by atoms with Crippen LogP contribution in [-0.2, 0) is 0 Å². The molecular weight excluding hydrogens is 388 g/mol. The molecule has 0 aliphatic heterocycles. The average Bonchev–Trinajstić information content (AvgIpc) is 2.79. The number of hydrogen-bond acceptors (Lipinski definition) is 3. The van der Waals surface area contributed by atoms with Crippen molar-refractivity contribution in [3.05, 3.63) is 75.0 Å². The summed E-state index contributed by atoms with van der Waals surface area (Å²) in [5.41, 5.74) is 2.62. The van der Waals surface area contributed by atoms with Gasteiger partial charge in [-0.25, -0.2) is 0 Å². The van der Waals surface area contributed by atoms with Gasteiger partial charge in [0.05, 0.1) is 28.5 Å². The highest BCUT2D eigenvalue weighted by Gasteiger charge is 2.13. The number of unbranched alkanes of at least 4 members (excludes halogenated alkanes) is 3. The molecule has 0 unspecified atom stereocenters. The van der Waals surface area contributed by atoms with Crippen molar-refractivity contribution in [3.63, 3.8) is 0 Å². The summed E-state index contributed by atoms with van der Waals surface area (Å²) in [5, 5.41) is 2.28. The van der Waals surface area contributed by atoms with Crippen molar-refractivity contribution in [2.45, 2.75) is 32.6 Å². The van der Waals surface area contributed by atoms with Crippen molar-refractivity contribution < 1.29 is 4.74 Å². The summed E-state index contributed by atoms with van der Waals surface area (Å²) in [4.78, 5) is 33.1.